The van der Waals surface area contributed by atoms with Crippen LogP contribution in [0.3, 0.4) is 0 Å². The zero-order chi connectivity index (χ0) is 15.7. The minimum atomic E-state index is 0.111. The molecule has 0 bridgehead atoms. The minimum Gasteiger partial charge on any atom is -0.348 e. The average molecular weight is 310 g/mol. The Morgan fingerprint density at radius 2 is 1.67 bits per heavy atom. The summed E-state index contributed by atoms with van der Waals surface area (Å²) in [6.07, 6.45) is 3.98. The van der Waals surface area contributed by atoms with E-state index in [2.05, 4.69) is 51.8 Å². The minimum absolute atomic E-state index is 0.111. The van der Waals surface area contributed by atoms with Gasteiger partial charge >= 0.3 is 0 Å². The van der Waals surface area contributed by atoms with Crippen molar-refractivity contribution in [2.24, 2.45) is 0 Å². The molecule has 1 aliphatic heterocycles. The molecule has 0 aromatic carbocycles. The Morgan fingerprint density at radius 1 is 1.05 bits per heavy atom. The van der Waals surface area contributed by atoms with Crippen molar-refractivity contribution in [2.45, 2.75) is 78.3 Å². The van der Waals surface area contributed by atoms with Crippen molar-refractivity contribution in [3.05, 3.63) is 10.6 Å². The summed E-state index contributed by atoms with van der Waals surface area (Å²) in [6.45, 7) is 16.7. The van der Waals surface area contributed by atoms with E-state index >= 15 is 0 Å². The highest BCUT2D eigenvalue weighted by Crippen LogP contribution is 2.35. The normalized spacial score (nSPS) is 17.3. The lowest BCUT2D eigenvalue weighted by Gasteiger charge is -2.26. The van der Waals surface area contributed by atoms with Gasteiger partial charge in [0.15, 0.2) is 5.13 Å². The SMILES string of the molecule is CC(C)(C)NCc1sc(N2CCCCC2)nc1C(C)(C)C. The third-order valence-corrected chi connectivity index (χ3v) is 4.92. The number of nitrogens with one attached hydrogen (secondary N) is 1. The highest BCUT2D eigenvalue weighted by Gasteiger charge is 2.26. The van der Waals surface area contributed by atoms with Gasteiger partial charge < -0.3 is 10.2 Å². The highest BCUT2D eigenvalue weighted by atomic mass is 32.1. The second kappa shape index (κ2) is 6.25. The molecule has 0 spiro atoms. The molecule has 0 saturated carbocycles. The van der Waals surface area contributed by atoms with Crippen LogP contribution in [-0.4, -0.2) is 23.6 Å². The number of rotatable bonds is 3. The molecule has 1 fully saturated rings. The molecule has 0 radical (unpaired) electrons. The summed E-state index contributed by atoms with van der Waals surface area (Å²) in [6, 6.07) is 0. The van der Waals surface area contributed by atoms with Gasteiger partial charge in [-0.2, -0.15) is 0 Å². The van der Waals surface area contributed by atoms with Crippen LogP contribution >= 0.6 is 11.3 Å². The summed E-state index contributed by atoms with van der Waals surface area (Å²) in [5.74, 6) is 0. The smallest absolute Gasteiger partial charge is 0.185 e. The third-order valence-electron chi connectivity index (χ3n) is 3.80. The number of thiazole rings is 1. The van der Waals surface area contributed by atoms with Gasteiger partial charge in [0.2, 0.25) is 0 Å². The van der Waals surface area contributed by atoms with E-state index in [4.69, 9.17) is 4.98 Å². The molecule has 1 aliphatic rings. The molecule has 4 heteroatoms. The second-order valence-electron chi connectivity index (χ2n) is 8.17. The fourth-order valence-electron chi connectivity index (χ4n) is 2.61. The molecule has 120 valence electrons. The number of hydrogen-bond acceptors (Lipinski definition) is 4. The van der Waals surface area contributed by atoms with Gasteiger partial charge in [-0.05, 0) is 40.0 Å². The van der Waals surface area contributed by atoms with E-state index in [1.54, 1.807) is 0 Å². The summed E-state index contributed by atoms with van der Waals surface area (Å²) in [5.41, 5.74) is 1.52. The maximum atomic E-state index is 5.01. The summed E-state index contributed by atoms with van der Waals surface area (Å²) in [4.78, 5) is 8.89. The topological polar surface area (TPSA) is 28.2 Å². The van der Waals surface area contributed by atoms with Gasteiger partial charge in [0.25, 0.3) is 0 Å². The Morgan fingerprint density at radius 3 is 2.19 bits per heavy atom. The van der Waals surface area contributed by atoms with Crippen molar-refractivity contribution in [3.63, 3.8) is 0 Å². The Labute approximate surface area is 134 Å². The van der Waals surface area contributed by atoms with E-state index in [-0.39, 0.29) is 11.0 Å². The van der Waals surface area contributed by atoms with Crippen molar-refractivity contribution in [2.75, 3.05) is 18.0 Å². The van der Waals surface area contributed by atoms with E-state index in [9.17, 15) is 0 Å². The number of hydrogen-bond donors (Lipinski definition) is 1. The van der Waals surface area contributed by atoms with Crippen LogP contribution in [0.25, 0.3) is 0 Å². The molecule has 1 N–H and O–H groups in total. The number of piperidine rings is 1. The van der Waals surface area contributed by atoms with E-state index in [0.29, 0.717) is 0 Å². The molecular formula is C17H31N3S. The Bertz CT molecular complexity index is 459. The fraction of sp³-hybridized carbons (Fsp3) is 0.824. The van der Waals surface area contributed by atoms with Gasteiger partial charge in [0.05, 0.1) is 5.69 Å². The first-order valence-electron chi connectivity index (χ1n) is 8.17. The first kappa shape index (κ1) is 16.8. The first-order valence-corrected chi connectivity index (χ1v) is 8.99. The van der Waals surface area contributed by atoms with Crippen LogP contribution in [0.2, 0.25) is 0 Å². The molecule has 21 heavy (non-hydrogen) atoms. The first-order chi connectivity index (χ1) is 9.67. The maximum absolute atomic E-state index is 5.01. The maximum Gasteiger partial charge on any atom is 0.185 e. The molecule has 2 rings (SSSR count). The van der Waals surface area contributed by atoms with Crippen molar-refractivity contribution < 1.29 is 0 Å². The Balaban J connectivity index is 2.22. The van der Waals surface area contributed by atoms with Gasteiger partial charge in [-0.15, -0.1) is 11.3 Å². The summed E-state index contributed by atoms with van der Waals surface area (Å²) in [5, 5.41) is 4.85. The lowest BCUT2D eigenvalue weighted by molar-refractivity contribution is 0.422. The highest BCUT2D eigenvalue weighted by molar-refractivity contribution is 7.15. The molecule has 0 aliphatic carbocycles. The van der Waals surface area contributed by atoms with Crippen LogP contribution in [0.15, 0.2) is 0 Å². The van der Waals surface area contributed by atoms with Crippen LogP contribution in [0, 0.1) is 0 Å². The predicted octanol–water partition coefficient (Wildman–Crippen LogP) is 4.32. The predicted molar refractivity (Wildman–Crippen MR) is 93.5 cm³/mol. The molecule has 2 heterocycles. The van der Waals surface area contributed by atoms with E-state index in [1.807, 2.05) is 11.3 Å². The van der Waals surface area contributed by atoms with Gasteiger partial charge in [0.1, 0.15) is 0 Å². The average Bonchev–Trinajstić information content (AvgIpc) is 2.81. The lowest BCUT2D eigenvalue weighted by atomic mass is 9.91. The van der Waals surface area contributed by atoms with Crippen LogP contribution in [-0.2, 0) is 12.0 Å². The van der Waals surface area contributed by atoms with Gasteiger partial charge in [0, 0.05) is 35.5 Å². The molecule has 0 unspecified atom stereocenters. The zero-order valence-corrected chi connectivity index (χ0v) is 15.4. The van der Waals surface area contributed by atoms with Crippen LogP contribution in [0.4, 0.5) is 5.13 Å². The molecule has 1 aromatic heterocycles. The molecular weight excluding hydrogens is 278 g/mol. The van der Waals surface area contributed by atoms with Crippen LogP contribution in [0.1, 0.15) is 71.4 Å². The Hall–Kier alpha value is -0.610. The number of anilines is 1. The van der Waals surface area contributed by atoms with Crippen molar-refractivity contribution in [3.8, 4) is 0 Å². The summed E-state index contributed by atoms with van der Waals surface area (Å²) >= 11 is 1.89. The monoisotopic (exact) mass is 309 g/mol. The second-order valence-corrected chi connectivity index (χ2v) is 9.23. The van der Waals surface area contributed by atoms with E-state index < -0.39 is 0 Å². The molecule has 0 atom stereocenters. The number of nitrogens with zero attached hydrogens (tertiary/aromatic N) is 2. The fourth-order valence-corrected chi connectivity index (χ4v) is 3.87. The van der Waals surface area contributed by atoms with Crippen LogP contribution < -0.4 is 10.2 Å². The van der Waals surface area contributed by atoms with Gasteiger partial charge in [-0.3, -0.25) is 0 Å². The molecule has 1 saturated heterocycles. The van der Waals surface area contributed by atoms with Crippen molar-refractivity contribution >= 4 is 16.5 Å². The summed E-state index contributed by atoms with van der Waals surface area (Å²) < 4.78 is 0. The zero-order valence-electron chi connectivity index (χ0n) is 14.5. The largest absolute Gasteiger partial charge is 0.348 e. The number of aromatic nitrogens is 1. The van der Waals surface area contributed by atoms with Crippen molar-refractivity contribution in [1.82, 2.24) is 10.3 Å². The van der Waals surface area contributed by atoms with E-state index in [0.717, 1.165) is 6.54 Å². The van der Waals surface area contributed by atoms with Gasteiger partial charge in [-0.1, -0.05) is 20.8 Å². The summed E-state index contributed by atoms with van der Waals surface area (Å²) in [7, 11) is 0. The molecule has 3 nitrogen and oxygen atoms in total. The quantitative estimate of drug-likeness (QED) is 0.901. The van der Waals surface area contributed by atoms with Gasteiger partial charge in [-0.25, -0.2) is 4.98 Å². The molecule has 0 amide bonds. The van der Waals surface area contributed by atoms with Crippen molar-refractivity contribution in [1.29, 1.82) is 0 Å². The Kier molecular flexibility index (Phi) is 4.99. The van der Waals surface area contributed by atoms with E-state index in [1.165, 1.54) is 48.1 Å². The lowest BCUT2D eigenvalue weighted by Crippen LogP contribution is -2.35. The van der Waals surface area contributed by atoms with Crippen LogP contribution in [0.5, 0.6) is 0 Å². The third kappa shape index (κ3) is 4.68. The molecule has 1 aromatic rings. The standard InChI is InChI=1S/C17H31N3S/c1-16(2,3)14-13(12-18-17(4,5)6)21-15(19-14)20-10-8-7-9-11-20/h18H,7-12H2,1-6H3.